The van der Waals surface area contributed by atoms with Crippen LogP contribution in [-0.2, 0) is 10.0 Å². The summed E-state index contributed by atoms with van der Waals surface area (Å²) in [4.78, 5) is 10.0. The number of sulfonamides is 1. The van der Waals surface area contributed by atoms with E-state index in [1.807, 2.05) is 0 Å². The molecule has 0 amide bonds. The minimum Gasteiger partial charge on any atom is -0.399 e. The number of anilines is 2. The van der Waals surface area contributed by atoms with Gasteiger partial charge in [-0.25, -0.2) is 8.42 Å². The molecule has 0 atom stereocenters. The molecule has 0 aromatic heterocycles. The van der Waals surface area contributed by atoms with Gasteiger partial charge in [-0.05, 0) is 24.3 Å². The van der Waals surface area contributed by atoms with Crippen LogP contribution >= 0.6 is 11.6 Å². The largest absolute Gasteiger partial charge is 0.399 e. The molecule has 21 heavy (non-hydrogen) atoms. The molecule has 0 fully saturated rings. The van der Waals surface area contributed by atoms with Gasteiger partial charge in [-0.1, -0.05) is 17.7 Å². The highest BCUT2D eigenvalue weighted by molar-refractivity contribution is 7.92. The van der Waals surface area contributed by atoms with Crippen molar-refractivity contribution in [2.45, 2.75) is 4.90 Å². The molecule has 0 saturated carbocycles. The van der Waals surface area contributed by atoms with Crippen molar-refractivity contribution in [1.29, 1.82) is 0 Å². The maximum absolute atomic E-state index is 12.2. The summed E-state index contributed by atoms with van der Waals surface area (Å²) in [5.41, 5.74) is 5.47. The fourth-order valence-corrected chi connectivity index (χ4v) is 2.94. The average molecular weight is 328 g/mol. The van der Waals surface area contributed by atoms with Crippen LogP contribution in [0.4, 0.5) is 17.1 Å². The fraction of sp³-hybridized carbons (Fsp3) is 0. The summed E-state index contributed by atoms with van der Waals surface area (Å²) in [7, 11) is -3.94. The molecule has 0 spiro atoms. The lowest BCUT2D eigenvalue weighted by Crippen LogP contribution is -2.13. The summed E-state index contributed by atoms with van der Waals surface area (Å²) in [5.74, 6) is 0. The minimum atomic E-state index is -3.94. The van der Waals surface area contributed by atoms with Crippen LogP contribution in [0.1, 0.15) is 0 Å². The molecule has 2 aromatic rings. The van der Waals surface area contributed by atoms with Gasteiger partial charge in [0.2, 0.25) is 0 Å². The number of rotatable bonds is 4. The number of nitrogens with zero attached hydrogens (tertiary/aromatic N) is 1. The maximum Gasteiger partial charge on any atom is 0.271 e. The van der Waals surface area contributed by atoms with E-state index in [0.29, 0.717) is 0 Å². The van der Waals surface area contributed by atoms with E-state index in [2.05, 4.69) is 4.72 Å². The third-order valence-electron chi connectivity index (χ3n) is 2.57. The zero-order valence-corrected chi connectivity index (χ0v) is 12.1. The van der Waals surface area contributed by atoms with E-state index in [1.165, 1.54) is 30.3 Å². The van der Waals surface area contributed by atoms with Gasteiger partial charge in [-0.2, -0.15) is 0 Å². The molecule has 0 heterocycles. The zero-order valence-electron chi connectivity index (χ0n) is 10.5. The smallest absolute Gasteiger partial charge is 0.271 e. The summed E-state index contributed by atoms with van der Waals surface area (Å²) in [6, 6.07) is 9.12. The van der Waals surface area contributed by atoms with Gasteiger partial charge in [0, 0.05) is 17.8 Å². The molecule has 2 aromatic carbocycles. The molecule has 0 aliphatic carbocycles. The monoisotopic (exact) mass is 327 g/mol. The summed E-state index contributed by atoms with van der Waals surface area (Å²) in [6.45, 7) is 0. The van der Waals surface area contributed by atoms with Gasteiger partial charge in [0.05, 0.1) is 20.5 Å². The first kappa shape index (κ1) is 15.1. The number of nitro benzene ring substituents is 1. The Balaban J connectivity index is 2.41. The Morgan fingerprint density at radius 3 is 2.52 bits per heavy atom. The molecule has 0 aliphatic rings. The second kappa shape index (κ2) is 5.58. The first-order valence-electron chi connectivity index (χ1n) is 5.62. The van der Waals surface area contributed by atoms with E-state index >= 15 is 0 Å². The third kappa shape index (κ3) is 3.41. The number of nitrogen functional groups attached to an aromatic ring is 1. The first-order chi connectivity index (χ1) is 9.79. The second-order valence-electron chi connectivity index (χ2n) is 4.10. The van der Waals surface area contributed by atoms with Crippen molar-refractivity contribution in [3.05, 3.63) is 57.6 Å². The van der Waals surface area contributed by atoms with Gasteiger partial charge in [0.15, 0.2) is 0 Å². The number of nitrogens with two attached hydrogens (primary N) is 1. The van der Waals surface area contributed by atoms with Gasteiger partial charge in [0.1, 0.15) is 0 Å². The second-order valence-corrected chi connectivity index (χ2v) is 6.19. The van der Waals surface area contributed by atoms with Gasteiger partial charge >= 0.3 is 0 Å². The van der Waals surface area contributed by atoms with Crippen LogP contribution in [0.3, 0.4) is 0 Å². The molecule has 110 valence electrons. The first-order valence-corrected chi connectivity index (χ1v) is 7.48. The zero-order chi connectivity index (χ0) is 15.6. The minimum absolute atomic E-state index is 0.0491. The number of nitrogens with one attached hydrogen (secondary N) is 1. The normalized spacial score (nSPS) is 11.1. The quantitative estimate of drug-likeness (QED) is 0.508. The molecular weight excluding hydrogens is 318 g/mol. The van der Waals surface area contributed by atoms with Crippen molar-refractivity contribution in [2.24, 2.45) is 0 Å². The Hall–Kier alpha value is -2.32. The van der Waals surface area contributed by atoms with Crippen molar-refractivity contribution in [1.82, 2.24) is 0 Å². The van der Waals surface area contributed by atoms with Crippen molar-refractivity contribution in [3.63, 3.8) is 0 Å². The lowest BCUT2D eigenvalue weighted by Gasteiger charge is -2.10. The maximum atomic E-state index is 12.2. The molecule has 9 heteroatoms. The third-order valence-corrected chi connectivity index (χ3v) is 4.27. The SMILES string of the molecule is Nc1cccc(S(=O)(=O)Nc2cc([N+](=O)[O-])ccc2Cl)c1. The number of benzene rings is 2. The van der Waals surface area contributed by atoms with Gasteiger partial charge in [-0.15, -0.1) is 0 Å². The van der Waals surface area contributed by atoms with Crippen LogP contribution in [0.25, 0.3) is 0 Å². The number of non-ortho nitro benzene ring substituents is 1. The Morgan fingerprint density at radius 1 is 1.19 bits per heavy atom. The molecule has 7 nitrogen and oxygen atoms in total. The van der Waals surface area contributed by atoms with Crippen LogP contribution in [0, 0.1) is 10.1 Å². The summed E-state index contributed by atoms with van der Waals surface area (Å²) < 4.78 is 26.6. The van der Waals surface area contributed by atoms with Crippen LogP contribution < -0.4 is 10.5 Å². The molecule has 0 aliphatic heterocycles. The van der Waals surface area contributed by atoms with Crippen LogP contribution in [0.2, 0.25) is 5.02 Å². The lowest BCUT2D eigenvalue weighted by molar-refractivity contribution is -0.384. The van der Waals surface area contributed by atoms with Crippen LogP contribution in [0.5, 0.6) is 0 Å². The summed E-state index contributed by atoms with van der Waals surface area (Å²) >= 11 is 5.85. The summed E-state index contributed by atoms with van der Waals surface area (Å²) in [5, 5.41) is 10.8. The molecular formula is C12H10ClN3O4S. The average Bonchev–Trinajstić information content (AvgIpc) is 2.41. The van der Waals surface area contributed by atoms with E-state index in [-0.39, 0.29) is 27.0 Å². The van der Waals surface area contributed by atoms with Crippen LogP contribution in [0.15, 0.2) is 47.4 Å². The topological polar surface area (TPSA) is 115 Å². The highest BCUT2D eigenvalue weighted by atomic mass is 35.5. The van der Waals surface area contributed by atoms with Gasteiger partial charge in [0.25, 0.3) is 15.7 Å². The predicted molar refractivity (Wildman–Crippen MR) is 79.8 cm³/mol. The standard InChI is InChI=1S/C12H10ClN3O4S/c13-11-5-4-9(16(17)18)7-12(11)15-21(19,20)10-3-1-2-8(14)6-10/h1-7,15H,14H2. The molecule has 0 saturated heterocycles. The molecule has 0 radical (unpaired) electrons. The van der Waals surface area contributed by atoms with E-state index in [9.17, 15) is 18.5 Å². The fourth-order valence-electron chi connectivity index (χ4n) is 1.59. The molecule has 3 N–H and O–H groups in total. The van der Waals surface area contributed by atoms with E-state index in [4.69, 9.17) is 17.3 Å². The van der Waals surface area contributed by atoms with E-state index in [0.717, 1.165) is 6.07 Å². The van der Waals surface area contributed by atoms with Gasteiger partial charge < -0.3 is 5.73 Å². The number of halogens is 1. The van der Waals surface area contributed by atoms with Gasteiger partial charge in [-0.3, -0.25) is 14.8 Å². The van der Waals surface area contributed by atoms with E-state index < -0.39 is 14.9 Å². The molecule has 0 unspecified atom stereocenters. The highest BCUT2D eigenvalue weighted by Gasteiger charge is 2.18. The van der Waals surface area contributed by atoms with Crippen LogP contribution in [-0.4, -0.2) is 13.3 Å². The Labute approximate surface area is 125 Å². The van der Waals surface area contributed by atoms with Crippen molar-refractivity contribution in [3.8, 4) is 0 Å². The predicted octanol–water partition coefficient (Wildman–Crippen LogP) is 2.63. The van der Waals surface area contributed by atoms with E-state index in [1.54, 1.807) is 6.07 Å². The Morgan fingerprint density at radius 2 is 1.90 bits per heavy atom. The van der Waals surface area contributed by atoms with Crippen molar-refractivity contribution >= 4 is 38.7 Å². The Bertz CT molecular complexity index is 808. The molecule has 2 rings (SSSR count). The van der Waals surface area contributed by atoms with Crippen molar-refractivity contribution in [2.75, 3.05) is 10.5 Å². The highest BCUT2D eigenvalue weighted by Crippen LogP contribution is 2.29. The number of nitro groups is 1. The number of hydrogen-bond donors (Lipinski definition) is 2. The summed E-state index contributed by atoms with van der Waals surface area (Å²) in [6.07, 6.45) is 0. The number of hydrogen-bond acceptors (Lipinski definition) is 5. The molecule has 0 bridgehead atoms. The van der Waals surface area contributed by atoms with Crippen molar-refractivity contribution < 1.29 is 13.3 Å². The lowest BCUT2D eigenvalue weighted by atomic mass is 10.3. The Kier molecular flexibility index (Phi) is 4.01.